The van der Waals surface area contributed by atoms with E-state index in [2.05, 4.69) is 52.0 Å². The van der Waals surface area contributed by atoms with Gasteiger partial charge < -0.3 is 15.2 Å². The summed E-state index contributed by atoms with van der Waals surface area (Å²) in [4.78, 5) is 15.5. The summed E-state index contributed by atoms with van der Waals surface area (Å²) < 4.78 is 32.0. The fourth-order valence-corrected chi connectivity index (χ4v) is 4.85. The van der Waals surface area contributed by atoms with Gasteiger partial charge in [-0.05, 0) is 71.2 Å². The monoisotopic (exact) mass is 627 g/mol. The minimum atomic E-state index is -0.582. The van der Waals surface area contributed by atoms with Crippen LogP contribution in [-0.2, 0) is 13.2 Å². The largest absolute Gasteiger partial charge is 0.493 e. The van der Waals surface area contributed by atoms with Crippen LogP contribution >= 0.6 is 15.9 Å². The van der Waals surface area contributed by atoms with Crippen LogP contribution in [0.15, 0.2) is 50.6 Å². The number of hydrogen-bond donors (Lipinski definition) is 2. The molecule has 41 heavy (non-hydrogen) atoms. The van der Waals surface area contributed by atoms with Crippen LogP contribution in [0.4, 0.5) is 10.2 Å². The van der Waals surface area contributed by atoms with E-state index in [4.69, 9.17) is 19.8 Å². The Morgan fingerprint density at radius 3 is 2.78 bits per heavy atom. The van der Waals surface area contributed by atoms with Crippen LogP contribution in [0.1, 0.15) is 47.1 Å². The number of aromatic nitrogens is 5. The zero-order valence-corrected chi connectivity index (χ0v) is 23.7. The highest BCUT2D eigenvalue weighted by Crippen LogP contribution is 2.32. The van der Waals surface area contributed by atoms with E-state index >= 15 is 0 Å². The minimum Gasteiger partial charge on any atom is -0.493 e. The number of amides is 1. The van der Waals surface area contributed by atoms with E-state index in [1.165, 1.54) is 17.0 Å². The normalized spacial score (nSPS) is 13.6. The lowest BCUT2D eigenvalue weighted by Crippen LogP contribution is -2.26. The molecule has 1 saturated heterocycles. The first kappa shape index (κ1) is 28.2. The number of carbonyl (C=O) groups is 1. The maximum Gasteiger partial charge on any atom is 0.292 e. The van der Waals surface area contributed by atoms with E-state index in [1.807, 2.05) is 6.92 Å². The van der Waals surface area contributed by atoms with Gasteiger partial charge in [0.25, 0.3) is 5.91 Å². The Kier molecular flexibility index (Phi) is 8.84. The summed E-state index contributed by atoms with van der Waals surface area (Å²) in [5.41, 5.74) is 9.91. The van der Waals surface area contributed by atoms with Gasteiger partial charge in [0, 0.05) is 22.6 Å². The number of hydrazone groups is 1. The SMILES string of the molecule is CCOc1cc(OCc2ccccc2F)cc(Br)c1/C=N\NC(=O)c1c(CN2CCCC2)nnn1-c1nonc1N. The lowest BCUT2D eigenvalue weighted by Gasteiger charge is -2.14. The molecule has 214 valence electrons. The molecule has 1 aliphatic heterocycles. The second kappa shape index (κ2) is 12.9. The first-order valence-electron chi connectivity index (χ1n) is 12.9. The molecule has 5 rings (SSSR count). The molecule has 2 aromatic heterocycles. The molecular weight excluding hydrogens is 601 g/mol. The summed E-state index contributed by atoms with van der Waals surface area (Å²) in [6.07, 6.45) is 3.59. The molecule has 0 aliphatic carbocycles. The molecule has 0 bridgehead atoms. The van der Waals surface area contributed by atoms with Crippen molar-refractivity contribution in [2.45, 2.75) is 32.9 Å². The minimum absolute atomic E-state index is 0.0391. The third-order valence-corrected chi connectivity index (χ3v) is 6.96. The Balaban J connectivity index is 1.35. The van der Waals surface area contributed by atoms with Crippen LogP contribution < -0.4 is 20.6 Å². The highest BCUT2D eigenvalue weighted by Gasteiger charge is 2.27. The molecule has 1 aliphatic rings. The third-order valence-electron chi connectivity index (χ3n) is 6.30. The second-order valence-corrected chi connectivity index (χ2v) is 9.94. The molecule has 3 heterocycles. The summed E-state index contributed by atoms with van der Waals surface area (Å²) >= 11 is 3.51. The highest BCUT2D eigenvalue weighted by atomic mass is 79.9. The van der Waals surface area contributed by atoms with Gasteiger partial charge in [-0.25, -0.2) is 14.4 Å². The summed E-state index contributed by atoms with van der Waals surface area (Å²) in [5, 5.41) is 19.8. The molecular formula is C26H27BrFN9O4. The lowest BCUT2D eigenvalue weighted by atomic mass is 10.2. The predicted molar refractivity (Wildman–Crippen MR) is 149 cm³/mol. The van der Waals surface area contributed by atoms with E-state index in [1.54, 1.807) is 30.3 Å². The third kappa shape index (κ3) is 6.52. The van der Waals surface area contributed by atoms with Gasteiger partial charge in [0.15, 0.2) is 5.69 Å². The number of nitrogens with zero attached hydrogens (tertiary/aromatic N) is 7. The molecule has 0 radical (unpaired) electrons. The molecule has 2 aromatic carbocycles. The van der Waals surface area contributed by atoms with Gasteiger partial charge in [-0.3, -0.25) is 9.69 Å². The van der Waals surface area contributed by atoms with Crippen molar-refractivity contribution in [2.24, 2.45) is 5.10 Å². The van der Waals surface area contributed by atoms with Gasteiger partial charge in [-0.1, -0.05) is 23.4 Å². The van der Waals surface area contributed by atoms with Crippen molar-refractivity contribution in [3.8, 4) is 17.3 Å². The highest BCUT2D eigenvalue weighted by molar-refractivity contribution is 9.10. The number of ether oxygens (including phenoxy) is 2. The van der Waals surface area contributed by atoms with Crippen LogP contribution in [0.25, 0.3) is 5.82 Å². The Hall–Kier alpha value is -4.37. The van der Waals surface area contributed by atoms with Gasteiger partial charge >= 0.3 is 0 Å². The van der Waals surface area contributed by atoms with Crippen LogP contribution in [0.2, 0.25) is 0 Å². The van der Waals surface area contributed by atoms with E-state index in [-0.39, 0.29) is 29.8 Å². The van der Waals surface area contributed by atoms with Crippen molar-refractivity contribution < 1.29 is 23.3 Å². The summed E-state index contributed by atoms with van der Waals surface area (Å²) in [7, 11) is 0. The number of nitrogens with two attached hydrogens (primary N) is 1. The average Bonchev–Trinajstić information content (AvgIpc) is 3.71. The summed E-state index contributed by atoms with van der Waals surface area (Å²) in [6.45, 7) is 4.47. The Labute approximate surface area is 242 Å². The van der Waals surface area contributed by atoms with Crippen molar-refractivity contribution >= 4 is 33.9 Å². The number of nitrogen functional groups attached to an aromatic ring is 1. The van der Waals surface area contributed by atoms with Crippen molar-refractivity contribution in [1.82, 2.24) is 35.6 Å². The number of benzene rings is 2. The maximum atomic E-state index is 14.0. The number of nitrogens with one attached hydrogen (secondary N) is 1. The summed E-state index contributed by atoms with van der Waals surface area (Å²) in [6, 6.07) is 9.78. The Morgan fingerprint density at radius 1 is 1.24 bits per heavy atom. The first-order valence-corrected chi connectivity index (χ1v) is 13.6. The number of likely N-dealkylation sites (tertiary alicyclic amines) is 1. The maximum absolute atomic E-state index is 14.0. The lowest BCUT2D eigenvalue weighted by molar-refractivity contribution is 0.0945. The molecule has 0 spiro atoms. The van der Waals surface area contributed by atoms with Gasteiger partial charge in [0.2, 0.25) is 11.6 Å². The first-order chi connectivity index (χ1) is 19.9. The Morgan fingerprint density at radius 2 is 2.05 bits per heavy atom. The predicted octanol–water partition coefficient (Wildman–Crippen LogP) is 3.47. The average molecular weight is 628 g/mol. The van der Waals surface area contributed by atoms with Gasteiger partial charge in [0.1, 0.15) is 29.6 Å². The molecule has 1 amide bonds. The van der Waals surface area contributed by atoms with Crippen molar-refractivity contribution in [3.05, 3.63) is 69.2 Å². The number of anilines is 1. The molecule has 0 atom stereocenters. The van der Waals surface area contributed by atoms with Crippen LogP contribution in [0.3, 0.4) is 0 Å². The molecule has 3 N–H and O–H groups in total. The molecule has 0 unspecified atom stereocenters. The van der Waals surface area contributed by atoms with Crippen molar-refractivity contribution in [2.75, 3.05) is 25.4 Å². The van der Waals surface area contributed by atoms with Crippen LogP contribution in [0, 0.1) is 5.82 Å². The number of carbonyl (C=O) groups excluding carboxylic acids is 1. The van der Waals surface area contributed by atoms with Crippen LogP contribution in [0.5, 0.6) is 11.5 Å². The van der Waals surface area contributed by atoms with Gasteiger partial charge in [0.05, 0.1) is 18.4 Å². The van der Waals surface area contributed by atoms with Crippen molar-refractivity contribution in [1.29, 1.82) is 0 Å². The molecule has 0 saturated carbocycles. The zero-order chi connectivity index (χ0) is 28.8. The molecule has 15 heteroatoms. The quantitative estimate of drug-likeness (QED) is 0.186. The standard InChI is InChI=1S/C26H27BrFN9O4/c1-2-39-22-12-17(40-15-16-7-3-4-8-20(16)28)11-19(27)18(22)13-30-32-26(38)23-21(14-36-9-5-6-10-36)31-35-37(23)25-24(29)33-41-34-25/h3-4,7-8,11-13H,2,5-6,9-10,14-15H2,1H3,(H2,29,33)(H,32,38)/b30-13-. The smallest absolute Gasteiger partial charge is 0.292 e. The molecule has 4 aromatic rings. The topological polar surface area (TPSA) is 159 Å². The van der Waals surface area contributed by atoms with E-state index in [9.17, 15) is 9.18 Å². The second-order valence-electron chi connectivity index (χ2n) is 9.08. The fraction of sp³-hybridized carbons (Fsp3) is 0.308. The van der Waals surface area contributed by atoms with Gasteiger partial charge in [-0.2, -0.15) is 9.78 Å². The fourth-order valence-electron chi connectivity index (χ4n) is 4.32. The molecule has 1 fully saturated rings. The van der Waals surface area contributed by atoms with Gasteiger partial charge in [-0.15, -0.1) is 5.10 Å². The Bertz CT molecular complexity index is 1550. The summed E-state index contributed by atoms with van der Waals surface area (Å²) in [5.74, 6) is -0.00805. The number of hydrogen-bond acceptors (Lipinski definition) is 11. The number of rotatable bonds is 11. The molecule has 13 nitrogen and oxygen atoms in total. The van der Waals surface area contributed by atoms with E-state index in [0.29, 0.717) is 45.9 Å². The van der Waals surface area contributed by atoms with Crippen molar-refractivity contribution in [3.63, 3.8) is 0 Å². The van der Waals surface area contributed by atoms with E-state index in [0.717, 1.165) is 25.9 Å². The van der Waals surface area contributed by atoms with Crippen LogP contribution in [-0.4, -0.2) is 62.0 Å². The number of halogens is 2. The zero-order valence-electron chi connectivity index (χ0n) is 22.1. The van der Waals surface area contributed by atoms with E-state index < -0.39 is 5.91 Å².